The van der Waals surface area contributed by atoms with Crippen molar-refractivity contribution >= 4 is 5.69 Å². The monoisotopic (exact) mass is 148 g/mol. The maximum atomic E-state index is 3.35. The zero-order valence-electron chi connectivity index (χ0n) is 7.31. The summed E-state index contributed by atoms with van der Waals surface area (Å²) in [4.78, 5) is 0. The lowest BCUT2D eigenvalue weighted by Crippen LogP contribution is -2.25. The van der Waals surface area contributed by atoms with Crippen LogP contribution in [0.15, 0.2) is 24.3 Å². The Morgan fingerprint density at radius 1 is 1.36 bits per heavy atom. The van der Waals surface area contributed by atoms with E-state index in [1.54, 1.807) is 0 Å². The van der Waals surface area contributed by atoms with E-state index in [-0.39, 0.29) is 5.54 Å². The molecular weight excluding hydrogens is 134 g/mol. The second-order valence-corrected chi connectivity index (χ2v) is 3.67. The van der Waals surface area contributed by atoms with E-state index in [1.807, 2.05) is 24.3 Å². The maximum absolute atomic E-state index is 3.35. The fourth-order valence-corrected chi connectivity index (χ4v) is 0.904. The number of nitrogens with one attached hydrogen (secondary N) is 1. The molecule has 0 aliphatic heterocycles. The Kier molecular flexibility index (Phi) is 2.18. The molecule has 1 rings (SSSR count). The Labute approximate surface area is 68.4 Å². The smallest absolute Gasteiger partial charge is 0.0350 e. The van der Waals surface area contributed by atoms with Crippen LogP contribution >= 0.6 is 0 Å². The van der Waals surface area contributed by atoms with Gasteiger partial charge in [-0.15, -0.1) is 0 Å². The number of rotatable bonds is 1. The summed E-state index contributed by atoms with van der Waals surface area (Å²) in [7, 11) is 0. The van der Waals surface area contributed by atoms with Crippen molar-refractivity contribution in [2.75, 3.05) is 5.32 Å². The van der Waals surface area contributed by atoms with Crippen LogP contribution in [0.25, 0.3) is 0 Å². The molecule has 0 spiro atoms. The summed E-state index contributed by atoms with van der Waals surface area (Å²) in [5, 5.41) is 3.35. The van der Waals surface area contributed by atoms with Crippen LogP contribution < -0.4 is 5.32 Å². The highest BCUT2D eigenvalue weighted by atomic mass is 14.9. The highest BCUT2D eigenvalue weighted by Crippen LogP contribution is 2.12. The van der Waals surface area contributed by atoms with Crippen molar-refractivity contribution in [3.05, 3.63) is 30.3 Å². The largest absolute Gasteiger partial charge is 0.380 e. The Morgan fingerprint density at radius 3 is 2.55 bits per heavy atom. The molecule has 0 amide bonds. The summed E-state index contributed by atoms with van der Waals surface area (Å²) in [5.74, 6) is 0. The Balaban J connectivity index is 2.66. The summed E-state index contributed by atoms with van der Waals surface area (Å²) >= 11 is 0. The first-order chi connectivity index (χ1) is 5.08. The van der Waals surface area contributed by atoms with Crippen LogP contribution in [0.4, 0.5) is 5.69 Å². The molecule has 0 aromatic heterocycles. The first-order valence-corrected chi connectivity index (χ1v) is 3.82. The van der Waals surface area contributed by atoms with Crippen molar-refractivity contribution in [3.63, 3.8) is 0 Å². The second kappa shape index (κ2) is 2.95. The Hall–Kier alpha value is -0.980. The molecule has 0 fully saturated rings. The van der Waals surface area contributed by atoms with Gasteiger partial charge in [-0.25, -0.2) is 0 Å². The Morgan fingerprint density at radius 2 is 2.09 bits per heavy atom. The number of benzene rings is 1. The minimum absolute atomic E-state index is 0.134. The first kappa shape index (κ1) is 8.12. The van der Waals surface area contributed by atoms with E-state index in [9.17, 15) is 0 Å². The van der Waals surface area contributed by atoms with Crippen molar-refractivity contribution < 1.29 is 0 Å². The quantitative estimate of drug-likeness (QED) is 0.645. The molecular formula is C10H14N. The fraction of sp³-hybridized carbons (Fsp3) is 0.400. The topological polar surface area (TPSA) is 12.0 Å². The normalized spacial score (nSPS) is 11.2. The predicted octanol–water partition coefficient (Wildman–Crippen LogP) is 2.70. The molecule has 0 atom stereocenters. The standard InChI is InChI=1S/C10H14N/c1-10(2,3)11-9-7-5-4-6-8-9/h4-5,7-8,11H,1-3H3. The first-order valence-electron chi connectivity index (χ1n) is 3.82. The molecule has 59 valence electrons. The third-order valence-corrected chi connectivity index (χ3v) is 1.23. The number of hydrogen-bond acceptors (Lipinski definition) is 1. The van der Waals surface area contributed by atoms with Gasteiger partial charge in [0.15, 0.2) is 0 Å². The van der Waals surface area contributed by atoms with Crippen LogP contribution in [-0.2, 0) is 0 Å². The summed E-state index contributed by atoms with van der Waals surface area (Å²) in [6, 6.07) is 10.9. The van der Waals surface area contributed by atoms with Gasteiger partial charge in [0.05, 0.1) is 0 Å². The third-order valence-electron chi connectivity index (χ3n) is 1.23. The maximum Gasteiger partial charge on any atom is 0.0350 e. The molecule has 0 aliphatic carbocycles. The van der Waals surface area contributed by atoms with E-state index in [0.29, 0.717) is 0 Å². The molecule has 1 radical (unpaired) electrons. The van der Waals surface area contributed by atoms with Crippen LogP contribution in [0.1, 0.15) is 20.8 Å². The zero-order chi connectivity index (χ0) is 8.32. The van der Waals surface area contributed by atoms with Gasteiger partial charge in [0.2, 0.25) is 0 Å². The van der Waals surface area contributed by atoms with E-state index in [1.165, 1.54) is 0 Å². The predicted molar refractivity (Wildman–Crippen MR) is 48.7 cm³/mol. The van der Waals surface area contributed by atoms with Gasteiger partial charge in [-0.3, -0.25) is 0 Å². The van der Waals surface area contributed by atoms with Crippen molar-refractivity contribution in [1.29, 1.82) is 0 Å². The van der Waals surface area contributed by atoms with E-state index >= 15 is 0 Å². The van der Waals surface area contributed by atoms with Crippen LogP contribution in [-0.4, -0.2) is 5.54 Å². The lowest BCUT2D eigenvalue weighted by molar-refractivity contribution is 0.634. The molecule has 0 aliphatic rings. The molecule has 0 heterocycles. The molecule has 1 heteroatoms. The number of anilines is 1. The van der Waals surface area contributed by atoms with Gasteiger partial charge in [-0.05, 0) is 39.0 Å². The minimum atomic E-state index is 0.134. The van der Waals surface area contributed by atoms with Crippen molar-refractivity contribution in [1.82, 2.24) is 0 Å². The summed E-state index contributed by atoms with van der Waals surface area (Å²) < 4.78 is 0. The summed E-state index contributed by atoms with van der Waals surface area (Å²) in [6.45, 7) is 6.42. The summed E-state index contributed by atoms with van der Waals surface area (Å²) in [5.41, 5.74) is 1.26. The minimum Gasteiger partial charge on any atom is -0.380 e. The van der Waals surface area contributed by atoms with Gasteiger partial charge < -0.3 is 5.32 Å². The van der Waals surface area contributed by atoms with Gasteiger partial charge in [-0.2, -0.15) is 0 Å². The molecule has 1 aromatic carbocycles. The number of hydrogen-bond donors (Lipinski definition) is 1. The molecule has 0 saturated carbocycles. The van der Waals surface area contributed by atoms with Gasteiger partial charge in [0, 0.05) is 11.2 Å². The van der Waals surface area contributed by atoms with Crippen molar-refractivity contribution in [3.8, 4) is 0 Å². The molecule has 0 saturated heterocycles. The lowest BCUT2D eigenvalue weighted by atomic mass is 10.1. The molecule has 1 aromatic rings. The van der Waals surface area contributed by atoms with E-state index in [0.717, 1.165) is 5.69 Å². The van der Waals surface area contributed by atoms with E-state index < -0.39 is 0 Å². The van der Waals surface area contributed by atoms with Gasteiger partial charge in [0.25, 0.3) is 0 Å². The van der Waals surface area contributed by atoms with Crippen LogP contribution in [0, 0.1) is 6.07 Å². The van der Waals surface area contributed by atoms with E-state index in [2.05, 4.69) is 32.2 Å². The van der Waals surface area contributed by atoms with Gasteiger partial charge in [0.1, 0.15) is 0 Å². The van der Waals surface area contributed by atoms with Crippen molar-refractivity contribution in [2.24, 2.45) is 0 Å². The average molecular weight is 148 g/mol. The van der Waals surface area contributed by atoms with E-state index in [4.69, 9.17) is 0 Å². The highest BCUT2D eigenvalue weighted by molar-refractivity contribution is 5.43. The zero-order valence-corrected chi connectivity index (χ0v) is 7.31. The molecule has 11 heavy (non-hydrogen) atoms. The van der Waals surface area contributed by atoms with Crippen molar-refractivity contribution in [2.45, 2.75) is 26.3 Å². The molecule has 1 nitrogen and oxygen atoms in total. The van der Waals surface area contributed by atoms with Crippen LogP contribution in [0.2, 0.25) is 0 Å². The van der Waals surface area contributed by atoms with Crippen LogP contribution in [0.3, 0.4) is 0 Å². The van der Waals surface area contributed by atoms with Crippen LogP contribution in [0.5, 0.6) is 0 Å². The highest BCUT2D eigenvalue weighted by Gasteiger charge is 2.07. The second-order valence-electron chi connectivity index (χ2n) is 3.67. The average Bonchev–Trinajstić information content (AvgIpc) is 1.85. The third kappa shape index (κ3) is 3.08. The van der Waals surface area contributed by atoms with Gasteiger partial charge >= 0.3 is 0 Å². The summed E-state index contributed by atoms with van der Waals surface area (Å²) in [6.07, 6.45) is 0. The SMILES string of the molecule is CC(C)(C)Nc1c[c]ccc1. The Bertz CT molecular complexity index is 208. The molecule has 0 bridgehead atoms. The molecule has 0 unspecified atom stereocenters. The molecule has 1 N–H and O–H groups in total. The lowest BCUT2D eigenvalue weighted by Gasteiger charge is -2.21. The van der Waals surface area contributed by atoms with Gasteiger partial charge in [-0.1, -0.05) is 12.1 Å². The fourth-order valence-electron chi connectivity index (χ4n) is 0.904.